The molecule has 2 unspecified atom stereocenters. The summed E-state index contributed by atoms with van der Waals surface area (Å²) in [6.07, 6.45) is 0.0987. The number of nitrogens with one attached hydrogen (secondary N) is 1. The number of hydrogen-bond donors (Lipinski definition) is 1. The number of rotatable bonds is 5. The molecular weight excluding hydrogens is 202 g/mol. The summed E-state index contributed by atoms with van der Waals surface area (Å²) in [5, 5.41) is 3.17. The van der Waals surface area contributed by atoms with E-state index in [4.69, 9.17) is 9.47 Å². The molecule has 16 heavy (non-hydrogen) atoms. The number of ether oxygens (including phenoxy) is 2. The maximum absolute atomic E-state index is 5.86. The van der Waals surface area contributed by atoms with E-state index in [0.717, 1.165) is 11.5 Å². The number of aryl methyl sites for hydroxylation is 1. The van der Waals surface area contributed by atoms with E-state index in [0.29, 0.717) is 6.04 Å². The van der Waals surface area contributed by atoms with Crippen molar-refractivity contribution in [2.45, 2.75) is 32.9 Å². The summed E-state index contributed by atoms with van der Waals surface area (Å²) in [7, 11) is 3.59. The van der Waals surface area contributed by atoms with Crippen LogP contribution in [0.25, 0.3) is 0 Å². The van der Waals surface area contributed by atoms with E-state index in [1.807, 2.05) is 39.1 Å². The van der Waals surface area contributed by atoms with Crippen LogP contribution in [0.3, 0.4) is 0 Å². The molecule has 1 rings (SSSR count). The molecule has 3 nitrogen and oxygen atoms in total. The van der Waals surface area contributed by atoms with Crippen LogP contribution in [0.5, 0.6) is 11.5 Å². The predicted molar refractivity (Wildman–Crippen MR) is 66.3 cm³/mol. The molecule has 0 saturated carbocycles. The smallest absolute Gasteiger partial charge is 0.161 e. The molecule has 1 aromatic carbocycles. The molecule has 0 aliphatic heterocycles. The zero-order valence-electron chi connectivity index (χ0n) is 10.7. The van der Waals surface area contributed by atoms with Crippen molar-refractivity contribution < 1.29 is 9.47 Å². The number of likely N-dealkylation sites (N-methyl/N-ethyl adjacent to an activating group) is 1. The first kappa shape index (κ1) is 12.8. The molecule has 0 spiro atoms. The summed E-state index contributed by atoms with van der Waals surface area (Å²) in [5.74, 6) is 1.58. The molecule has 1 N–H and O–H groups in total. The van der Waals surface area contributed by atoms with Gasteiger partial charge in [-0.3, -0.25) is 0 Å². The van der Waals surface area contributed by atoms with Crippen LogP contribution in [-0.2, 0) is 0 Å². The van der Waals surface area contributed by atoms with E-state index in [1.165, 1.54) is 5.56 Å². The van der Waals surface area contributed by atoms with Gasteiger partial charge in [0.1, 0.15) is 6.10 Å². The normalized spacial score (nSPS) is 14.3. The molecule has 0 fully saturated rings. The Kier molecular flexibility index (Phi) is 4.62. The van der Waals surface area contributed by atoms with E-state index in [-0.39, 0.29) is 6.10 Å². The van der Waals surface area contributed by atoms with Crippen molar-refractivity contribution >= 4 is 0 Å². The Morgan fingerprint density at radius 2 is 1.88 bits per heavy atom. The van der Waals surface area contributed by atoms with Gasteiger partial charge in [-0.05, 0) is 45.5 Å². The quantitative estimate of drug-likeness (QED) is 0.831. The molecule has 0 saturated heterocycles. The summed E-state index contributed by atoms with van der Waals surface area (Å²) >= 11 is 0. The fourth-order valence-electron chi connectivity index (χ4n) is 1.41. The van der Waals surface area contributed by atoms with Gasteiger partial charge in [-0.1, -0.05) is 6.07 Å². The highest BCUT2D eigenvalue weighted by molar-refractivity contribution is 5.42. The predicted octanol–water partition coefficient (Wildman–Crippen LogP) is 2.38. The van der Waals surface area contributed by atoms with Crippen molar-refractivity contribution in [1.82, 2.24) is 5.32 Å². The number of benzene rings is 1. The molecule has 0 aliphatic carbocycles. The van der Waals surface area contributed by atoms with Gasteiger partial charge in [0.05, 0.1) is 7.11 Å². The van der Waals surface area contributed by atoms with Gasteiger partial charge in [0.2, 0.25) is 0 Å². The van der Waals surface area contributed by atoms with Crippen molar-refractivity contribution in [1.29, 1.82) is 0 Å². The lowest BCUT2D eigenvalue weighted by molar-refractivity contribution is 0.175. The summed E-state index contributed by atoms with van der Waals surface area (Å²) in [6, 6.07) is 6.25. The van der Waals surface area contributed by atoms with Gasteiger partial charge in [-0.15, -0.1) is 0 Å². The van der Waals surface area contributed by atoms with Crippen LogP contribution in [-0.4, -0.2) is 26.3 Å². The molecule has 1 aromatic rings. The zero-order chi connectivity index (χ0) is 12.1. The molecule has 0 heterocycles. The molecule has 0 aliphatic rings. The van der Waals surface area contributed by atoms with Gasteiger partial charge in [-0.25, -0.2) is 0 Å². The van der Waals surface area contributed by atoms with Crippen LogP contribution in [0, 0.1) is 6.92 Å². The first-order valence-corrected chi connectivity index (χ1v) is 5.57. The minimum absolute atomic E-state index is 0.0987. The third kappa shape index (κ3) is 3.14. The second kappa shape index (κ2) is 5.75. The SMILES string of the molecule is CNC(C)C(C)Oc1ccc(C)cc1OC. The molecule has 0 amide bonds. The fourth-order valence-corrected chi connectivity index (χ4v) is 1.41. The van der Waals surface area contributed by atoms with E-state index < -0.39 is 0 Å². The van der Waals surface area contributed by atoms with Crippen LogP contribution in [0.15, 0.2) is 18.2 Å². The Labute approximate surface area is 97.8 Å². The van der Waals surface area contributed by atoms with Gasteiger partial charge in [0.15, 0.2) is 11.5 Å². The summed E-state index contributed by atoms with van der Waals surface area (Å²) in [5.41, 5.74) is 1.17. The average Bonchev–Trinajstić information content (AvgIpc) is 2.30. The van der Waals surface area contributed by atoms with Gasteiger partial charge >= 0.3 is 0 Å². The van der Waals surface area contributed by atoms with Crippen molar-refractivity contribution in [3.05, 3.63) is 23.8 Å². The minimum Gasteiger partial charge on any atom is -0.493 e. The Morgan fingerprint density at radius 1 is 1.19 bits per heavy atom. The number of methoxy groups -OCH3 is 1. The van der Waals surface area contributed by atoms with Crippen molar-refractivity contribution in [2.24, 2.45) is 0 Å². The van der Waals surface area contributed by atoms with Gasteiger partial charge in [-0.2, -0.15) is 0 Å². The van der Waals surface area contributed by atoms with E-state index >= 15 is 0 Å². The first-order valence-electron chi connectivity index (χ1n) is 5.57. The molecule has 3 heteroatoms. The van der Waals surface area contributed by atoms with Crippen molar-refractivity contribution in [3.8, 4) is 11.5 Å². The lowest BCUT2D eigenvalue weighted by Gasteiger charge is -2.22. The highest BCUT2D eigenvalue weighted by Gasteiger charge is 2.14. The third-order valence-electron chi connectivity index (χ3n) is 2.79. The van der Waals surface area contributed by atoms with Crippen LogP contribution in [0.4, 0.5) is 0 Å². The number of hydrogen-bond acceptors (Lipinski definition) is 3. The second-order valence-electron chi connectivity index (χ2n) is 4.05. The topological polar surface area (TPSA) is 30.5 Å². The van der Waals surface area contributed by atoms with Crippen LogP contribution < -0.4 is 14.8 Å². The highest BCUT2D eigenvalue weighted by atomic mass is 16.5. The van der Waals surface area contributed by atoms with Gasteiger partial charge in [0, 0.05) is 6.04 Å². The maximum Gasteiger partial charge on any atom is 0.161 e. The molecule has 90 valence electrons. The van der Waals surface area contributed by atoms with Crippen LogP contribution in [0.1, 0.15) is 19.4 Å². The summed E-state index contributed by atoms with van der Waals surface area (Å²) < 4.78 is 11.2. The Bertz CT molecular complexity index is 339. The summed E-state index contributed by atoms with van der Waals surface area (Å²) in [4.78, 5) is 0. The summed E-state index contributed by atoms with van der Waals surface area (Å²) in [6.45, 7) is 6.16. The fraction of sp³-hybridized carbons (Fsp3) is 0.538. The minimum atomic E-state index is 0.0987. The average molecular weight is 223 g/mol. The largest absolute Gasteiger partial charge is 0.493 e. The zero-order valence-corrected chi connectivity index (χ0v) is 10.7. The van der Waals surface area contributed by atoms with E-state index in [2.05, 4.69) is 12.2 Å². The van der Waals surface area contributed by atoms with Gasteiger partial charge < -0.3 is 14.8 Å². The van der Waals surface area contributed by atoms with Gasteiger partial charge in [0.25, 0.3) is 0 Å². The highest BCUT2D eigenvalue weighted by Crippen LogP contribution is 2.28. The monoisotopic (exact) mass is 223 g/mol. The molecular formula is C13H21NO2. The molecule has 2 atom stereocenters. The Hall–Kier alpha value is -1.22. The van der Waals surface area contributed by atoms with E-state index in [1.54, 1.807) is 7.11 Å². The second-order valence-corrected chi connectivity index (χ2v) is 4.05. The van der Waals surface area contributed by atoms with Crippen LogP contribution in [0.2, 0.25) is 0 Å². The third-order valence-corrected chi connectivity index (χ3v) is 2.79. The lowest BCUT2D eigenvalue weighted by atomic mass is 10.2. The molecule has 0 aromatic heterocycles. The molecule has 0 bridgehead atoms. The van der Waals surface area contributed by atoms with E-state index in [9.17, 15) is 0 Å². The first-order chi connectivity index (χ1) is 7.58. The van der Waals surface area contributed by atoms with Crippen molar-refractivity contribution in [2.75, 3.05) is 14.2 Å². The van der Waals surface area contributed by atoms with Crippen LogP contribution >= 0.6 is 0 Å². The molecule has 0 radical (unpaired) electrons. The Balaban J connectivity index is 2.80. The Morgan fingerprint density at radius 3 is 2.44 bits per heavy atom. The standard InChI is InChI=1S/C13H21NO2/c1-9-6-7-12(13(8-9)15-5)16-11(3)10(2)14-4/h6-8,10-11,14H,1-5H3. The maximum atomic E-state index is 5.86. The van der Waals surface area contributed by atoms with Crippen molar-refractivity contribution in [3.63, 3.8) is 0 Å². The lowest BCUT2D eigenvalue weighted by Crippen LogP contribution is -2.36.